The van der Waals surface area contributed by atoms with Crippen LogP contribution in [-0.2, 0) is 10.1 Å². The first-order valence-corrected chi connectivity index (χ1v) is 15.0. The fourth-order valence-electron chi connectivity index (χ4n) is 4.45. The van der Waals surface area contributed by atoms with E-state index >= 15 is 0 Å². The summed E-state index contributed by atoms with van der Waals surface area (Å²) in [5.74, 6) is 2.33. The van der Waals surface area contributed by atoms with E-state index < -0.39 is 12.7 Å². The first-order valence-electron chi connectivity index (χ1n) is 15.0. The van der Waals surface area contributed by atoms with Crippen molar-refractivity contribution in [1.82, 2.24) is 0 Å². The lowest BCUT2D eigenvalue weighted by Crippen LogP contribution is -2.47. The summed E-state index contributed by atoms with van der Waals surface area (Å²) in [6.45, 7) is 0.169. The standard InChI is InChI=1S/C27H31BO6.2C4H12N/c1-31-24-13-7-10-21(18-24)27(16-5-4-6-17-34-28(29)30,22-11-8-14-25(19-22)32-2)23-12-9-15-26(20-23)33-3;2*1-5(2,3)4/h7-15,18-20H,4-6,16-17H2,1-3H3;2*1-4H3/q-2;2*+1. The molecular formula is C35H55BN2O6. The molecule has 0 aliphatic carbocycles. The molecule has 0 radical (unpaired) electrons. The first-order chi connectivity index (χ1) is 20.5. The summed E-state index contributed by atoms with van der Waals surface area (Å²) in [5, 5.41) is 21.3. The van der Waals surface area contributed by atoms with Crippen LogP contribution in [0.25, 0.3) is 0 Å². The van der Waals surface area contributed by atoms with Gasteiger partial charge in [-0.1, -0.05) is 49.2 Å². The van der Waals surface area contributed by atoms with Crippen LogP contribution < -0.4 is 24.3 Å². The third-order valence-corrected chi connectivity index (χ3v) is 6.14. The molecule has 44 heavy (non-hydrogen) atoms. The lowest BCUT2D eigenvalue weighted by molar-refractivity contribution is -0.849. The van der Waals surface area contributed by atoms with Crippen molar-refractivity contribution in [2.24, 2.45) is 0 Å². The van der Waals surface area contributed by atoms with E-state index in [1.807, 2.05) is 36.4 Å². The van der Waals surface area contributed by atoms with E-state index in [2.05, 4.69) is 97.4 Å². The fraction of sp³-hybridized carbons (Fsp3) is 0.486. The number of rotatable bonds is 13. The van der Waals surface area contributed by atoms with Gasteiger partial charge < -0.3 is 37.9 Å². The number of unbranched alkanes of at least 4 members (excludes halogenated alkanes) is 2. The van der Waals surface area contributed by atoms with Crippen LogP contribution in [0.5, 0.6) is 17.2 Å². The van der Waals surface area contributed by atoms with E-state index in [-0.39, 0.29) is 6.61 Å². The number of nitrogens with zero attached hydrogens (tertiary/aromatic N) is 2. The Morgan fingerprint density at radius 2 is 0.909 bits per heavy atom. The number of ether oxygens (including phenoxy) is 3. The molecule has 8 nitrogen and oxygen atoms in total. The summed E-state index contributed by atoms with van der Waals surface area (Å²) in [7, 11) is 19.8. The summed E-state index contributed by atoms with van der Waals surface area (Å²) in [5.41, 5.74) is 2.74. The van der Waals surface area contributed by atoms with Gasteiger partial charge in [-0.2, -0.15) is 0 Å². The van der Waals surface area contributed by atoms with Crippen molar-refractivity contribution in [3.63, 3.8) is 0 Å². The second kappa shape index (κ2) is 18.7. The molecule has 0 aromatic heterocycles. The van der Waals surface area contributed by atoms with Crippen molar-refractivity contribution in [2.45, 2.75) is 31.1 Å². The molecule has 9 heteroatoms. The van der Waals surface area contributed by atoms with Gasteiger partial charge in [-0.3, -0.25) is 0 Å². The zero-order valence-corrected chi connectivity index (χ0v) is 28.9. The highest BCUT2D eigenvalue weighted by Gasteiger charge is 2.37. The highest BCUT2D eigenvalue weighted by atomic mass is 16.6. The van der Waals surface area contributed by atoms with E-state index in [0.29, 0.717) is 6.42 Å². The normalized spacial score (nSPS) is 11.4. The maximum absolute atomic E-state index is 10.6. The Hall–Kier alpha value is -3.08. The van der Waals surface area contributed by atoms with E-state index in [1.165, 1.54) is 0 Å². The largest absolute Gasteiger partial charge is 0.871 e. The van der Waals surface area contributed by atoms with Gasteiger partial charge in [-0.15, -0.1) is 0 Å². The average Bonchev–Trinajstić information content (AvgIpc) is 2.95. The Kier molecular flexibility index (Phi) is 16.5. The molecule has 0 N–H and O–H groups in total. The zero-order chi connectivity index (χ0) is 33.4. The molecule has 3 aromatic rings. The molecule has 0 atom stereocenters. The molecule has 0 saturated heterocycles. The third kappa shape index (κ3) is 15.1. The van der Waals surface area contributed by atoms with Crippen molar-refractivity contribution in [2.75, 3.05) is 84.3 Å². The van der Waals surface area contributed by atoms with Gasteiger partial charge in [0.25, 0.3) is 0 Å². The maximum Gasteiger partial charge on any atom is 0.119 e. The summed E-state index contributed by atoms with van der Waals surface area (Å²) in [6.07, 6.45) is 3.08. The molecule has 0 aliphatic rings. The van der Waals surface area contributed by atoms with Crippen LogP contribution in [0.1, 0.15) is 42.4 Å². The van der Waals surface area contributed by atoms with Gasteiger partial charge in [0.2, 0.25) is 0 Å². The van der Waals surface area contributed by atoms with Crippen molar-refractivity contribution >= 4 is 7.32 Å². The second-order valence-corrected chi connectivity index (χ2v) is 13.4. The minimum Gasteiger partial charge on any atom is -0.871 e. The molecule has 0 heterocycles. The summed E-state index contributed by atoms with van der Waals surface area (Å²) >= 11 is 0. The average molecular weight is 611 g/mol. The topological polar surface area (TPSA) is 83.0 Å². The van der Waals surface area contributed by atoms with Crippen LogP contribution in [0.2, 0.25) is 0 Å². The Morgan fingerprint density at radius 3 is 1.20 bits per heavy atom. The number of hydrogen-bond acceptors (Lipinski definition) is 6. The van der Waals surface area contributed by atoms with Gasteiger partial charge >= 0.3 is 0 Å². The van der Waals surface area contributed by atoms with Crippen LogP contribution in [0, 0.1) is 0 Å². The van der Waals surface area contributed by atoms with Crippen LogP contribution in [-0.4, -0.2) is 101 Å². The quantitative estimate of drug-likeness (QED) is 0.126. The molecule has 0 aliphatic heterocycles. The molecule has 0 spiro atoms. The molecule has 0 saturated carbocycles. The lowest BCUT2D eigenvalue weighted by atomic mass is 9.66. The van der Waals surface area contributed by atoms with Crippen LogP contribution >= 0.6 is 0 Å². The molecule has 0 unspecified atom stereocenters. The monoisotopic (exact) mass is 610 g/mol. The Balaban J connectivity index is 0.000000837. The molecule has 244 valence electrons. The maximum atomic E-state index is 10.6. The molecule has 0 bridgehead atoms. The molecule has 3 rings (SSSR count). The van der Waals surface area contributed by atoms with Crippen molar-refractivity contribution < 1.29 is 37.9 Å². The van der Waals surface area contributed by atoms with E-state index in [4.69, 9.17) is 14.2 Å². The fourth-order valence-corrected chi connectivity index (χ4v) is 4.45. The van der Waals surface area contributed by atoms with E-state index in [0.717, 1.165) is 62.2 Å². The van der Waals surface area contributed by atoms with Gasteiger partial charge in [0.1, 0.15) is 17.2 Å². The van der Waals surface area contributed by atoms with E-state index in [1.54, 1.807) is 21.3 Å². The summed E-state index contributed by atoms with van der Waals surface area (Å²) in [4.78, 5) is 0. The van der Waals surface area contributed by atoms with Crippen molar-refractivity contribution in [3.8, 4) is 17.2 Å². The minimum atomic E-state index is -2.23. The Labute approximate surface area is 267 Å². The number of quaternary nitrogens is 2. The van der Waals surface area contributed by atoms with Crippen LogP contribution in [0.15, 0.2) is 72.8 Å². The first kappa shape index (κ1) is 38.9. The molecule has 3 aromatic carbocycles. The van der Waals surface area contributed by atoms with Crippen LogP contribution in [0.3, 0.4) is 0 Å². The smallest absolute Gasteiger partial charge is 0.119 e. The Morgan fingerprint density at radius 1 is 0.568 bits per heavy atom. The highest BCUT2D eigenvalue weighted by molar-refractivity contribution is 6.28. The van der Waals surface area contributed by atoms with Crippen LogP contribution in [0.4, 0.5) is 0 Å². The van der Waals surface area contributed by atoms with Gasteiger partial charge in [-0.05, 0) is 65.9 Å². The predicted octanol–water partition coefficient (Wildman–Crippen LogP) is 3.97. The van der Waals surface area contributed by atoms with Gasteiger partial charge in [0, 0.05) is 12.0 Å². The SMILES string of the molecule is COc1cccc(C(CCCCCOB([O-])[O-])(c2cccc(OC)c2)c2cccc(OC)c2)c1.C[N+](C)(C)C.C[N+](C)(C)C. The number of benzene rings is 3. The lowest BCUT2D eigenvalue weighted by Gasteiger charge is -2.37. The molecule has 0 fully saturated rings. The van der Waals surface area contributed by atoms with Crippen molar-refractivity contribution in [1.29, 1.82) is 0 Å². The molecular weight excluding hydrogens is 555 g/mol. The number of hydrogen-bond donors (Lipinski definition) is 0. The molecule has 0 amide bonds. The third-order valence-electron chi connectivity index (χ3n) is 6.14. The minimum absolute atomic E-state index is 0.169. The zero-order valence-electron chi connectivity index (χ0n) is 28.9. The van der Waals surface area contributed by atoms with Gasteiger partial charge in [0.05, 0.1) is 85.0 Å². The summed E-state index contributed by atoms with van der Waals surface area (Å²) in [6, 6.07) is 24.4. The van der Waals surface area contributed by atoms with Gasteiger partial charge in [0.15, 0.2) is 0 Å². The van der Waals surface area contributed by atoms with E-state index in [9.17, 15) is 10.0 Å². The van der Waals surface area contributed by atoms with Crippen molar-refractivity contribution in [3.05, 3.63) is 89.5 Å². The second-order valence-electron chi connectivity index (χ2n) is 13.4. The predicted molar refractivity (Wildman–Crippen MR) is 177 cm³/mol. The van der Waals surface area contributed by atoms with Gasteiger partial charge in [-0.25, -0.2) is 0 Å². The highest BCUT2D eigenvalue weighted by Crippen LogP contribution is 2.46. The Bertz CT molecular complexity index is 1080. The number of methoxy groups -OCH3 is 3. The summed E-state index contributed by atoms with van der Waals surface area (Å²) < 4.78 is 23.4.